The summed E-state index contributed by atoms with van der Waals surface area (Å²) in [7, 11) is 0. The van der Waals surface area contributed by atoms with Crippen LogP contribution in [-0.2, 0) is 17.6 Å². The van der Waals surface area contributed by atoms with Gasteiger partial charge >= 0.3 is 0 Å². The Morgan fingerprint density at radius 3 is 2.23 bits per heavy atom. The van der Waals surface area contributed by atoms with Crippen LogP contribution < -0.4 is 5.32 Å². The number of carbonyl (C=O) groups is 1. The average Bonchev–Trinajstić information content (AvgIpc) is 2.50. The zero-order valence-electron chi connectivity index (χ0n) is 11.8. The highest BCUT2D eigenvalue weighted by atomic mass is 19.1. The summed E-state index contributed by atoms with van der Waals surface area (Å²) < 4.78 is 12.8. The number of hydrogen-bond donors (Lipinski definition) is 1. The lowest BCUT2D eigenvalue weighted by atomic mass is 10.1. The molecule has 0 aliphatic heterocycles. The number of rotatable bonds is 6. The number of nitrogens with one attached hydrogen (secondary N) is 1. The molecule has 0 bridgehead atoms. The van der Waals surface area contributed by atoms with E-state index in [0.29, 0.717) is 13.0 Å². The SMILES string of the molecule is O=C(Cc1ccc(F)cc1)NCCc1ccc([N+](=O)[O-])cc1. The Kier molecular flexibility index (Phi) is 5.19. The van der Waals surface area contributed by atoms with Crippen LogP contribution in [0.1, 0.15) is 11.1 Å². The molecule has 2 aromatic rings. The summed E-state index contributed by atoms with van der Waals surface area (Å²) >= 11 is 0. The van der Waals surface area contributed by atoms with Crippen LogP contribution in [0.15, 0.2) is 48.5 Å². The van der Waals surface area contributed by atoms with Gasteiger partial charge in [-0.15, -0.1) is 0 Å². The maximum atomic E-state index is 12.8. The predicted molar refractivity (Wildman–Crippen MR) is 79.9 cm³/mol. The summed E-state index contributed by atoms with van der Waals surface area (Å²) in [4.78, 5) is 21.8. The summed E-state index contributed by atoms with van der Waals surface area (Å²) in [5.74, 6) is -0.476. The van der Waals surface area contributed by atoms with E-state index in [9.17, 15) is 19.3 Å². The summed E-state index contributed by atoms with van der Waals surface area (Å²) in [6, 6.07) is 12.0. The molecule has 2 aromatic carbocycles. The van der Waals surface area contributed by atoms with E-state index in [2.05, 4.69) is 5.32 Å². The van der Waals surface area contributed by atoms with Gasteiger partial charge in [-0.3, -0.25) is 14.9 Å². The first-order valence-electron chi connectivity index (χ1n) is 6.79. The number of amides is 1. The number of nitrogens with zero attached hydrogens (tertiary/aromatic N) is 1. The van der Waals surface area contributed by atoms with Crippen molar-refractivity contribution in [2.45, 2.75) is 12.8 Å². The molecular weight excluding hydrogens is 287 g/mol. The smallest absolute Gasteiger partial charge is 0.269 e. The standard InChI is InChI=1S/C16H15FN2O3/c17-14-5-1-13(2-6-14)11-16(20)18-10-9-12-3-7-15(8-4-12)19(21)22/h1-8H,9-11H2,(H,18,20). The van der Waals surface area contributed by atoms with Crippen LogP contribution in [0.3, 0.4) is 0 Å². The van der Waals surface area contributed by atoms with Crippen molar-refractivity contribution in [3.63, 3.8) is 0 Å². The normalized spacial score (nSPS) is 10.2. The summed E-state index contributed by atoms with van der Waals surface area (Å²) in [5, 5.41) is 13.3. The summed E-state index contributed by atoms with van der Waals surface area (Å²) in [6.07, 6.45) is 0.785. The number of non-ortho nitro benzene ring substituents is 1. The van der Waals surface area contributed by atoms with Gasteiger partial charge in [-0.2, -0.15) is 0 Å². The minimum absolute atomic E-state index is 0.0455. The lowest BCUT2D eigenvalue weighted by molar-refractivity contribution is -0.384. The zero-order chi connectivity index (χ0) is 15.9. The molecule has 0 spiro atoms. The minimum Gasteiger partial charge on any atom is -0.355 e. The number of hydrogen-bond acceptors (Lipinski definition) is 3. The van der Waals surface area contributed by atoms with E-state index < -0.39 is 4.92 Å². The molecule has 22 heavy (non-hydrogen) atoms. The van der Waals surface area contributed by atoms with Gasteiger partial charge in [0.25, 0.3) is 5.69 Å². The largest absolute Gasteiger partial charge is 0.355 e. The van der Waals surface area contributed by atoms with E-state index in [0.717, 1.165) is 11.1 Å². The van der Waals surface area contributed by atoms with Crippen LogP contribution in [0.4, 0.5) is 10.1 Å². The fourth-order valence-corrected chi connectivity index (χ4v) is 1.98. The summed E-state index contributed by atoms with van der Waals surface area (Å²) in [5.41, 5.74) is 1.70. The van der Waals surface area contributed by atoms with Crippen molar-refractivity contribution in [3.8, 4) is 0 Å². The second-order valence-corrected chi connectivity index (χ2v) is 4.83. The fourth-order valence-electron chi connectivity index (χ4n) is 1.98. The molecule has 0 saturated heterocycles. The lowest BCUT2D eigenvalue weighted by Gasteiger charge is -2.05. The van der Waals surface area contributed by atoms with Crippen molar-refractivity contribution in [2.75, 3.05) is 6.54 Å². The molecule has 5 nitrogen and oxygen atoms in total. The van der Waals surface area contributed by atoms with Crippen LogP contribution in [0.5, 0.6) is 0 Å². The van der Waals surface area contributed by atoms with Crippen molar-refractivity contribution in [1.29, 1.82) is 0 Å². The molecular formula is C16H15FN2O3. The van der Waals surface area contributed by atoms with Crippen molar-refractivity contribution in [2.24, 2.45) is 0 Å². The highest BCUT2D eigenvalue weighted by Gasteiger charge is 2.05. The number of carbonyl (C=O) groups excluding carboxylic acids is 1. The molecule has 0 fully saturated rings. The molecule has 0 aliphatic rings. The monoisotopic (exact) mass is 302 g/mol. The van der Waals surface area contributed by atoms with Crippen molar-refractivity contribution >= 4 is 11.6 Å². The van der Waals surface area contributed by atoms with Crippen LogP contribution in [0, 0.1) is 15.9 Å². The van der Waals surface area contributed by atoms with Gasteiger partial charge in [-0.1, -0.05) is 24.3 Å². The number of nitro groups is 1. The highest BCUT2D eigenvalue weighted by molar-refractivity contribution is 5.78. The Morgan fingerprint density at radius 1 is 1.05 bits per heavy atom. The molecule has 0 atom stereocenters. The Hall–Kier alpha value is -2.76. The third-order valence-corrected chi connectivity index (χ3v) is 3.16. The van der Waals surface area contributed by atoms with Gasteiger partial charge in [-0.05, 0) is 29.7 Å². The first-order chi connectivity index (χ1) is 10.5. The molecule has 0 heterocycles. The Labute approximate surface area is 126 Å². The molecule has 0 aliphatic carbocycles. The molecule has 114 valence electrons. The maximum Gasteiger partial charge on any atom is 0.269 e. The first kappa shape index (κ1) is 15.6. The van der Waals surface area contributed by atoms with E-state index in [4.69, 9.17) is 0 Å². The Morgan fingerprint density at radius 2 is 1.64 bits per heavy atom. The van der Waals surface area contributed by atoms with E-state index in [1.54, 1.807) is 24.3 Å². The number of nitro benzene ring substituents is 1. The maximum absolute atomic E-state index is 12.8. The highest BCUT2D eigenvalue weighted by Crippen LogP contribution is 2.12. The second kappa shape index (κ2) is 7.31. The first-order valence-corrected chi connectivity index (χ1v) is 6.79. The number of halogens is 1. The van der Waals surface area contributed by atoms with Crippen molar-refractivity contribution < 1.29 is 14.1 Å². The zero-order valence-corrected chi connectivity index (χ0v) is 11.8. The van der Waals surface area contributed by atoms with Crippen LogP contribution in [-0.4, -0.2) is 17.4 Å². The van der Waals surface area contributed by atoms with Crippen LogP contribution in [0.2, 0.25) is 0 Å². The van der Waals surface area contributed by atoms with Gasteiger partial charge in [0.05, 0.1) is 11.3 Å². The van der Waals surface area contributed by atoms with Gasteiger partial charge < -0.3 is 5.32 Å². The molecule has 1 amide bonds. The predicted octanol–water partition coefficient (Wildman–Crippen LogP) is 2.64. The van der Waals surface area contributed by atoms with Gasteiger partial charge in [0, 0.05) is 18.7 Å². The Balaban J connectivity index is 1.77. The number of benzene rings is 2. The molecule has 1 N–H and O–H groups in total. The molecule has 0 radical (unpaired) electrons. The molecule has 2 rings (SSSR count). The third-order valence-electron chi connectivity index (χ3n) is 3.16. The van der Waals surface area contributed by atoms with Gasteiger partial charge in [0.15, 0.2) is 0 Å². The minimum atomic E-state index is -0.450. The van der Waals surface area contributed by atoms with Gasteiger partial charge in [0.2, 0.25) is 5.91 Å². The van der Waals surface area contributed by atoms with E-state index in [-0.39, 0.29) is 23.8 Å². The average molecular weight is 302 g/mol. The fraction of sp³-hybridized carbons (Fsp3) is 0.188. The second-order valence-electron chi connectivity index (χ2n) is 4.83. The van der Waals surface area contributed by atoms with Crippen LogP contribution in [0.25, 0.3) is 0 Å². The quantitative estimate of drug-likeness (QED) is 0.658. The van der Waals surface area contributed by atoms with Gasteiger partial charge in [-0.25, -0.2) is 4.39 Å². The molecule has 0 aromatic heterocycles. The van der Waals surface area contributed by atoms with E-state index >= 15 is 0 Å². The van der Waals surface area contributed by atoms with Crippen LogP contribution >= 0.6 is 0 Å². The van der Waals surface area contributed by atoms with Crippen molar-refractivity contribution in [3.05, 3.63) is 75.6 Å². The summed E-state index contributed by atoms with van der Waals surface area (Å²) in [6.45, 7) is 0.442. The molecule has 0 saturated carbocycles. The third kappa shape index (κ3) is 4.66. The molecule has 0 unspecified atom stereocenters. The topological polar surface area (TPSA) is 72.2 Å². The lowest BCUT2D eigenvalue weighted by Crippen LogP contribution is -2.27. The van der Waals surface area contributed by atoms with Gasteiger partial charge in [0.1, 0.15) is 5.82 Å². The van der Waals surface area contributed by atoms with E-state index in [1.807, 2.05) is 0 Å². The molecule has 6 heteroatoms. The Bertz CT molecular complexity index is 654. The van der Waals surface area contributed by atoms with E-state index in [1.165, 1.54) is 24.3 Å². The van der Waals surface area contributed by atoms with Crippen molar-refractivity contribution in [1.82, 2.24) is 5.32 Å².